The van der Waals surface area contributed by atoms with Gasteiger partial charge < -0.3 is 16.0 Å². The van der Waals surface area contributed by atoms with Gasteiger partial charge in [-0.05, 0) is 43.5 Å². The van der Waals surface area contributed by atoms with E-state index in [1.54, 1.807) is 4.90 Å². The number of aryl methyl sites for hydroxylation is 2. The lowest BCUT2D eigenvalue weighted by molar-refractivity contribution is -0.136. The predicted molar refractivity (Wildman–Crippen MR) is 81.8 cm³/mol. The van der Waals surface area contributed by atoms with E-state index in [2.05, 4.69) is 5.32 Å². The molecule has 0 saturated carbocycles. The molecule has 1 heterocycles. The van der Waals surface area contributed by atoms with Gasteiger partial charge in [0.1, 0.15) is 0 Å². The SMILES string of the molecule is Cc1ccc(CC(=O)N(CC(N)=O)C2CCNC2)cc1C. The van der Waals surface area contributed by atoms with E-state index >= 15 is 0 Å². The van der Waals surface area contributed by atoms with Crippen LogP contribution in [0, 0.1) is 13.8 Å². The summed E-state index contributed by atoms with van der Waals surface area (Å²) in [6, 6.07) is 6.09. The monoisotopic (exact) mass is 289 g/mol. The van der Waals surface area contributed by atoms with Crippen molar-refractivity contribution in [3.63, 3.8) is 0 Å². The van der Waals surface area contributed by atoms with Crippen LogP contribution in [0.2, 0.25) is 0 Å². The minimum absolute atomic E-state index is 0.00394. The Morgan fingerprint density at radius 2 is 2.10 bits per heavy atom. The highest BCUT2D eigenvalue weighted by atomic mass is 16.2. The third-order valence-electron chi connectivity index (χ3n) is 4.05. The highest BCUT2D eigenvalue weighted by Crippen LogP contribution is 2.14. The molecule has 0 radical (unpaired) electrons. The molecule has 0 aromatic heterocycles. The van der Waals surface area contributed by atoms with Gasteiger partial charge in [-0.3, -0.25) is 9.59 Å². The molecule has 1 fully saturated rings. The number of nitrogens with two attached hydrogens (primary N) is 1. The van der Waals surface area contributed by atoms with Gasteiger partial charge in [0, 0.05) is 12.6 Å². The first kappa shape index (κ1) is 15.5. The van der Waals surface area contributed by atoms with Crippen molar-refractivity contribution >= 4 is 11.8 Å². The fraction of sp³-hybridized carbons (Fsp3) is 0.500. The smallest absolute Gasteiger partial charge is 0.237 e. The van der Waals surface area contributed by atoms with Gasteiger partial charge in [0.2, 0.25) is 11.8 Å². The van der Waals surface area contributed by atoms with Crippen molar-refractivity contribution in [2.24, 2.45) is 5.73 Å². The van der Waals surface area contributed by atoms with Gasteiger partial charge in [0.15, 0.2) is 0 Å². The maximum absolute atomic E-state index is 12.5. The van der Waals surface area contributed by atoms with Crippen LogP contribution in [0.25, 0.3) is 0 Å². The van der Waals surface area contributed by atoms with E-state index < -0.39 is 5.91 Å². The maximum atomic E-state index is 12.5. The van der Waals surface area contributed by atoms with E-state index in [4.69, 9.17) is 5.73 Å². The van der Waals surface area contributed by atoms with Crippen molar-refractivity contribution in [2.75, 3.05) is 19.6 Å². The summed E-state index contributed by atoms with van der Waals surface area (Å²) in [5, 5.41) is 3.22. The number of hydrogen-bond donors (Lipinski definition) is 2. The van der Waals surface area contributed by atoms with Gasteiger partial charge in [0.05, 0.1) is 13.0 Å². The number of amides is 2. The van der Waals surface area contributed by atoms with E-state index in [1.807, 2.05) is 32.0 Å². The molecule has 1 aliphatic heterocycles. The van der Waals surface area contributed by atoms with Gasteiger partial charge in [-0.2, -0.15) is 0 Å². The lowest BCUT2D eigenvalue weighted by Crippen LogP contribution is -2.46. The molecule has 0 bridgehead atoms. The second-order valence-corrected chi connectivity index (χ2v) is 5.73. The van der Waals surface area contributed by atoms with Crippen LogP contribution >= 0.6 is 0 Å². The summed E-state index contributed by atoms with van der Waals surface area (Å²) in [5.41, 5.74) is 8.64. The summed E-state index contributed by atoms with van der Waals surface area (Å²) < 4.78 is 0. The molecule has 1 unspecified atom stereocenters. The molecule has 5 heteroatoms. The molecule has 1 aromatic carbocycles. The second-order valence-electron chi connectivity index (χ2n) is 5.73. The number of carbonyl (C=O) groups is 2. The highest BCUT2D eigenvalue weighted by Gasteiger charge is 2.27. The first-order valence-corrected chi connectivity index (χ1v) is 7.32. The van der Waals surface area contributed by atoms with Crippen LogP contribution in [-0.2, 0) is 16.0 Å². The van der Waals surface area contributed by atoms with E-state index in [9.17, 15) is 9.59 Å². The lowest BCUT2D eigenvalue weighted by Gasteiger charge is -2.27. The van der Waals surface area contributed by atoms with Crippen molar-refractivity contribution in [2.45, 2.75) is 32.7 Å². The van der Waals surface area contributed by atoms with Crippen molar-refractivity contribution in [3.8, 4) is 0 Å². The zero-order valence-corrected chi connectivity index (χ0v) is 12.7. The Morgan fingerprint density at radius 3 is 2.67 bits per heavy atom. The van der Waals surface area contributed by atoms with Crippen LogP contribution in [0.1, 0.15) is 23.1 Å². The number of carbonyl (C=O) groups excluding carboxylic acids is 2. The zero-order valence-electron chi connectivity index (χ0n) is 12.7. The number of nitrogens with one attached hydrogen (secondary N) is 1. The first-order valence-electron chi connectivity index (χ1n) is 7.32. The van der Waals surface area contributed by atoms with Crippen LogP contribution in [0.15, 0.2) is 18.2 Å². The summed E-state index contributed by atoms with van der Waals surface area (Å²) in [5.74, 6) is -0.499. The van der Waals surface area contributed by atoms with Crippen molar-refractivity contribution in [1.82, 2.24) is 10.2 Å². The average Bonchev–Trinajstić information content (AvgIpc) is 2.93. The van der Waals surface area contributed by atoms with E-state index in [-0.39, 0.29) is 18.5 Å². The molecule has 2 rings (SSSR count). The summed E-state index contributed by atoms with van der Waals surface area (Å²) >= 11 is 0. The molecule has 1 saturated heterocycles. The van der Waals surface area contributed by atoms with Crippen molar-refractivity contribution in [3.05, 3.63) is 34.9 Å². The quantitative estimate of drug-likeness (QED) is 0.830. The van der Waals surface area contributed by atoms with Crippen LogP contribution in [-0.4, -0.2) is 42.4 Å². The summed E-state index contributed by atoms with van der Waals surface area (Å²) in [4.78, 5) is 25.4. The third kappa shape index (κ3) is 4.04. The minimum Gasteiger partial charge on any atom is -0.368 e. The maximum Gasteiger partial charge on any atom is 0.237 e. The zero-order chi connectivity index (χ0) is 15.4. The number of benzene rings is 1. The fourth-order valence-corrected chi connectivity index (χ4v) is 2.68. The summed E-state index contributed by atoms with van der Waals surface area (Å²) in [6.45, 7) is 5.68. The molecule has 0 spiro atoms. The highest BCUT2D eigenvalue weighted by molar-refractivity contribution is 5.85. The topological polar surface area (TPSA) is 75.4 Å². The fourth-order valence-electron chi connectivity index (χ4n) is 2.68. The molecular formula is C16H23N3O2. The molecule has 114 valence electrons. The molecule has 2 amide bonds. The predicted octanol–water partition coefficient (Wildman–Crippen LogP) is 0.522. The second kappa shape index (κ2) is 6.72. The summed E-state index contributed by atoms with van der Waals surface area (Å²) in [6.07, 6.45) is 1.18. The van der Waals surface area contributed by atoms with E-state index in [0.29, 0.717) is 6.42 Å². The Morgan fingerprint density at radius 1 is 1.33 bits per heavy atom. The van der Waals surface area contributed by atoms with Crippen LogP contribution in [0.5, 0.6) is 0 Å². The molecule has 5 nitrogen and oxygen atoms in total. The average molecular weight is 289 g/mol. The lowest BCUT2D eigenvalue weighted by atomic mass is 10.0. The largest absolute Gasteiger partial charge is 0.368 e. The van der Waals surface area contributed by atoms with Gasteiger partial charge in [-0.1, -0.05) is 18.2 Å². The van der Waals surface area contributed by atoms with Crippen molar-refractivity contribution < 1.29 is 9.59 Å². The Hall–Kier alpha value is -1.88. The molecule has 3 N–H and O–H groups in total. The van der Waals surface area contributed by atoms with Crippen LogP contribution in [0.4, 0.5) is 0 Å². The summed E-state index contributed by atoms with van der Waals surface area (Å²) in [7, 11) is 0. The Bertz CT molecular complexity index is 536. The molecule has 1 aromatic rings. The van der Waals surface area contributed by atoms with Gasteiger partial charge >= 0.3 is 0 Å². The first-order chi connectivity index (χ1) is 9.97. The molecular weight excluding hydrogens is 266 g/mol. The molecule has 21 heavy (non-hydrogen) atoms. The van der Waals surface area contributed by atoms with Crippen LogP contribution < -0.4 is 11.1 Å². The molecule has 1 atom stereocenters. The Balaban J connectivity index is 2.09. The minimum atomic E-state index is -0.463. The van der Waals surface area contributed by atoms with E-state index in [0.717, 1.165) is 25.1 Å². The van der Waals surface area contributed by atoms with E-state index in [1.165, 1.54) is 11.1 Å². The normalized spacial score (nSPS) is 17.7. The van der Waals surface area contributed by atoms with Crippen LogP contribution in [0.3, 0.4) is 0 Å². The number of nitrogens with zero attached hydrogens (tertiary/aromatic N) is 1. The molecule has 0 aliphatic carbocycles. The van der Waals surface area contributed by atoms with Gasteiger partial charge in [0.25, 0.3) is 0 Å². The van der Waals surface area contributed by atoms with Crippen molar-refractivity contribution in [1.29, 1.82) is 0 Å². The Labute approximate surface area is 125 Å². The Kier molecular flexibility index (Phi) is 4.96. The molecule has 1 aliphatic rings. The number of hydrogen-bond acceptors (Lipinski definition) is 3. The van der Waals surface area contributed by atoms with Gasteiger partial charge in [-0.15, -0.1) is 0 Å². The number of primary amides is 1. The van der Waals surface area contributed by atoms with Gasteiger partial charge in [-0.25, -0.2) is 0 Å². The third-order valence-corrected chi connectivity index (χ3v) is 4.05. The number of rotatable bonds is 5. The standard InChI is InChI=1S/C16H23N3O2/c1-11-3-4-13(7-12(11)2)8-16(21)19(10-15(17)20)14-5-6-18-9-14/h3-4,7,14,18H,5-6,8-10H2,1-2H3,(H2,17,20).